The van der Waals surface area contributed by atoms with Gasteiger partial charge in [-0.15, -0.1) is 0 Å². The van der Waals surface area contributed by atoms with Crippen LogP contribution in [0.15, 0.2) is 82.6 Å². The predicted molar refractivity (Wildman–Crippen MR) is 168 cm³/mol. The number of anilines is 2. The fraction of sp³-hybridized carbons (Fsp3) is 0.219. The van der Waals surface area contributed by atoms with E-state index in [1.807, 2.05) is 0 Å². The van der Waals surface area contributed by atoms with Gasteiger partial charge in [0.25, 0.3) is 0 Å². The van der Waals surface area contributed by atoms with Gasteiger partial charge in [0, 0.05) is 22.0 Å². The molecule has 3 aromatic carbocycles. The summed E-state index contributed by atoms with van der Waals surface area (Å²) in [6.45, 7) is 1.58. The van der Waals surface area contributed by atoms with Crippen molar-refractivity contribution < 1.29 is 33.8 Å². The lowest BCUT2D eigenvalue weighted by molar-refractivity contribution is -0.122. The van der Waals surface area contributed by atoms with Crippen LogP contribution in [0.4, 0.5) is 11.4 Å². The van der Waals surface area contributed by atoms with Crippen LogP contribution in [0.25, 0.3) is 0 Å². The van der Waals surface area contributed by atoms with Crippen LogP contribution < -0.4 is 19.8 Å². The van der Waals surface area contributed by atoms with Gasteiger partial charge in [-0.25, -0.2) is 9.69 Å². The highest BCUT2D eigenvalue weighted by Crippen LogP contribution is 2.55. The van der Waals surface area contributed by atoms with Crippen LogP contribution in [-0.2, 0) is 25.7 Å². The third kappa shape index (κ3) is 5.49. The zero-order valence-corrected chi connectivity index (χ0v) is 25.7. The first kappa shape index (κ1) is 30.2. The van der Waals surface area contributed by atoms with Crippen molar-refractivity contribution in [1.29, 1.82) is 0 Å². The van der Waals surface area contributed by atoms with E-state index in [2.05, 4.69) is 5.32 Å². The molecule has 2 aliphatic heterocycles. The molecule has 0 unspecified atom stereocenters. The number of aromatic nitrogens is 1. The number of amides is 3. The molecule has 0 aliphatic carbocycles. The fourth-order valence-corrected chi connectivity index (χ4v) is 8.34. The number of phenolic OH excluding ortho intramolecular Hbond substituents is 1. The number of fused-ring (bicyclic) bond motifs is 2. The van der Waals surface area contributed by atoms with Gasteiger partial charge in [-0.05, 0) is 61.5 Å². The van der Waals surface area contributed by atoms with Crippen LogP contribution in [0.1, 0.15) is 33.6 Å². The van der Waals surface area contributed by atoms with Crippen LogP contribution >= 0.6 is 23.1 Å². The molecule has 1 fully saturated rings. The average Bonchev–Trinajstić information content (AvgIpc) is 3.48. The van der Waals surface area contributed by atoms with Crippen LogP contribution in [0.3, 0.4) is 0 Å². The monoisotopic (exact) mass is 645 g/mol. The molecule has 0 bridgehead atoms. The number of aromatic hydroxyl groups is 1. The van der Waals surface area contributed by atoms with Crippen molar-refractivity contribution in [1.82, 2.24) is 4.57 Å². The summed E-state index contributed by atoms with van der Waals surface area (Å²) in [5.41, 5.74) is 1.46. The largest absolute Gasteiger partial charge is 0.508 e. The molecule has 45 heavy (non-hydrogen) atoms. The summed E-state index contributed by atoms with van der Waals surface area (Å²) in [5, 5.41) is 13.1. The molecule has 3 atom stereocenters. The van der Waals surface area contributed by atoms with Crippen LogP contribution in [0, 0.1) is 5.92 Å². The molecule has 0 saturated carbocycles. The number of benzene rings is 3. The Morgan fingerprint density at radius 1 is 0.956 bits per heavy atom. The maximum Gasteiger partial charge on any atom is 0.338 e. The molecule has 1 aromatic heterocycles. The molecule has 230 valence electrons. The number of nitrogens with zero attached hydrogens (tertiary/aromatic N) is 2. The minimum atomic E-state index is -0.941. The summed E-state index contributed by atoms with van der Waals surface area (Å²) < 4.78 is 11.5. The Morgan fingerprint density at radius 3 is 2.33 bits per heavy atom. The summed E-state index contributed by atoms with van der Waals surface area (Å²) in [7, 11) is 1.54. The Labute approximate surface area is 265 Å². The van der Waals surface area contributed by atoms with Gasteiger partial charge in [0.2, 0.25) is 17.7 Å². The van der Waals surface area contributed by atoms with E-state index in [1.165, 1.54) is 42.0 Å². The molecular weight excluding hydrogens is 618 g/mol. The van der Waals surface area contributed by atoms with Gasteiger partial charge in [-0.3, -0.25) is 23.7 Å². The van der Waals surface area contributed by atoms with E-state index in [1.54, 1.807) is 49.4 Å². The minimum absolute atomic E-state index is 0.0822. The number of hydrogen-bond donors (Lipinski definition) is 2. The lowest BCUT2D eigenvalue weighted by atomic mass is 9.82. The van der Waals surface area contributed by atoms with E-state index in [-0.39, 0.29) is 30.2 Å². The average molecular weight is 646 g/mol. The van der Waals surface area contributed by atoms with E-state index >= 15 is 0 Å². The van der Waals surface area contributed by atoms with E-state index in [0.29, 0.717) is 26.9 Å². The van der Waals surface area contributed by atoms with Gasteiger partial charge >= 0.3 is 10.8 Å². The Morgan fingerprint density at radius 2 is 1.67 bits per heavy atom. The van der Waals surface area contributed by atoms with E-state index in [9.17, 15) is 29.1 Å². The third-order valence-corrected chi connectivity index (χ3v) is 10.2. The number of nitrogens with one attached hydrogen (secondary N) is 1. The number of thioether (sulfide) groups is 1. The molecule has 2 N–H and O–H groups in total. The molecule has 2 aliphatic rings. The normalized spacial score (nSPS) is 18.7. The first-order valence-electron chi connectivity index (χ1n) is 14.0. The molecule has 1 saturated heterocycles. The summed E-state index contributed by atoms with van der Waals surface area (Å²) in [6.07, 6.45) is 0. The Balaban J connectivity index is 1.36. The number of imide groups is 1. The van der Waals surface area contributed by atoms with Gasteiger partial charge in [0.15, 0.2) is 0 Å². The lowest BCUT2D eigenvalue weighted by Gasteiger charge is -2.31. The van der Waals surface area contributed by atoms with Crippen LogP contribution in [-0.4, -0.2) is 52.3 Å². The number of esters is 1. The highest BCUT2D eigenvalue weighted by atomic mass is 32.2. The number of thiazole rings is 1. The number of methoxy groups -OCH3 is 1. The van der Waals surface area contributed by atoms with Crippen molar-refractivity contribution in [2.45, 2.75) is 29.7 Å². The Hall–Kier alpha value is -4.88. The first-order valence-corrected chi connectivity index (χ1v) is 15.7. The molecule has 3 heterocycles. The second kappa shape index (κ2) is 12.3. The van der Waals surface area contributed by atoms with E-state index in [4.69, 9.17) is 9.47 Å². The number of carbonyl (C=O) groups is 4. The third-order valence-electron chi connectivity index (χ3n) is 7.63. The fourth-order valence-electron chi connectivity index (χ4n) is 5.57. The van der Waals surface area contributed by atoms with Crippen molar-refractivity contribution in [3.8, 4) is 11.5 Å². The standard InChI is InChI=1S/C32H27N3O8S2/c1-3-43-31(40)17-8-12-19(13-9-17)35-28(38)25-24(21-6-4-5-7-22(21)36)27-30(44-26(25)29(35)39)34(32(41)45-27)16-23(37)33-18-10-14-20(42-2)15-11-18/h4-15,24-26,36H,3,16H2,1-2H3,(H,33,37)/t24-,25+,26-/m0/s1. The quantitative estimate of drug-likeness (QED) is 0.212. The molecule has 3 amide bonds. The number of ether oxygens (including phenoxy) is 2. The van der Waals surface area contributed by atoms with Crippen molar-refractivity contribution in [3.05, 3.63) is 98.5 Å². The predicted octanol–water partition coefficient (Wildman–Crippen LogP) is 4.24. The molecule has 4 aromatic rings. The van der Waals surface area contributed by atoms with Crippen LogP contribution in [0.5, 0.6) is 11.5 Å². The van der Waals surface area contributed by atoms with Gasteiger partial charge in [0.05, 0.1) is 35.9 Å². The maximum absolute atomic E-state index is 14.1. The second-order valence-corrected chi connectivity index (χ2v) is 12.4. The van der Waals surface area contributed by atoms with Gasteiger partial charge in [-0.1, -0.05) is 41.3 Å². The summed E-state index contributed by atoms with van der Waals surface area (Å²) >= 11 is 1.95. The van der Waals surface area contributed by atoms with Gasteiger partial charge in [0.1, 0.15) is 23.3 Å². The van der Waals surface area contributed by atoms with Crippen molar-refractivity contribution in [2.75, 3.05) is 23.9 Å². The van der Waals surface area contributed by atoms with Gasteiger partial charge in [-0.2, -0.15) is 0 Å². The molecule has 0 radical (unpaired) electrons. The summed E-state index contributed by atoms with van der Waals surface area (Å²) in [5.74, 6) is -3.20. The molecule has 0 spiro atoms. The van der Waals surface area contributed by atoms with E-state index < -0.39 is 45.6 Å². The SMILES string of the molecule is CCOC(=O)c1ccc(N2C(=O)[C@@H]3[C@H](c4ccccc4O)c4sc(=O)n(CC(=O)Nc5ccc(OC)cc5)c4S[C@@H]3C2=O)cc1. The second-order valence-electron chi connectivity index (χ2n) is 10.3. The smallest absolute Gasteiger partial charge is 0.338 e. The van der Waals surface area contributed by atoms with Gasteiger partial charge < -0.3 is 19.9 Å². The Kier molecular flexibility index (Phi) is 8.21. The molecule has 11 nitrogen and oxygen atoms in total. The van der Waals surface area contributed by atoms with Crippen molar-refractivity contribution in [2.24, 2.45) is 5.92 Å². The molecule has 6 rings (SSSR count). The van der Waals surface area contributed by atoms with Crippen molar-refractivity contribution >= 4 is 58.2 Å². The topological polar surface area (TPSA) is 144 Å². The van der Waals surface area contributed by atoms with Crippen molar-refractivity contribution in [3.63, 3.8) is 0 Å². The highest BCUT2D eigenvalue weighted by Gasteiger charge is 2.57. The zero-order valence-electron chi connectivity index (χ0n) is 24.1. The number of rotatable bonds is 8. The first-order chi connectivity index (χ1) is 21.7. The number of hydrogen-bond acceptors (Lipinski definition) is 10. The summed E-state index contributed by atoms with van der Waals surface area (Å²) in [6, 6.07) is 19.2. The lowest BCUT2D eigenvalue weighted by Crippen LogP contribution is -2.33. The number of carbonyl (C=O) groups excluding carboxylic acids is 4. The molecular formula is C32H27N3O8S2. The minimum Gasteiger partial charge on any atom is -0.508 e. The number of para-hydroxylation sites is 1. The number of phenols is 1. The van der Waals surface area contributed by atoms with Crippen LogP contribution in [0.2, 0.25) is 0 Å². The molecule has 13 heteroatoms. The Bertz CT molecular complexity index is 1870. The summed E-state index contributed by atoms with van der Waals surface area (Å²) in [4.78, 5) is 67.7. The maximum atomic E-state index is 14.1. The highest BCUT2D eigenvalue weighted by molar-refractivity contribution is 8.00. The van der Waals surface area contributed by atoms with E-state index in [0.717, 1.165) is 28.0 Å². The zero-order chi connectivity index (χ0) is 31.8.